The number of hydrogen-bond acceptors (Lipinski definition) is 3. The average Bonchev–Trinajstić information content (AvgIpc) is 3.09. The van der Waals surface area contributed by atoms with E-state index in [1.165, 1.54) is 5.56 Å². The molecule has 5 nitrogen and oxygen atoms in total. The van der Waals surface area contributed by atoms with Gasteiger partial charge in [0.25, 0.3) is 0 Å². The minimum Gasteiger partial charge on any atom is -0.481 e. The second kappa shape index (κ2) is 11.0. The molecule has 0 radical (unpaired) electrons. The molecule has 0 aliphatic heterocycles. The molecular weight excluding hydrogens is 472 g/mol. The molecule has 1 amide bonds. The largest absolute Gasteiger partial charge is 0.481 e. The first-order valence-corrected chi connectivity index (χ1v) is 12.5. The quantitative estimate of drug-likeness (QED) is 0.246. The molecule has 38 heavy (non-hydrogen) atoms. The number of benzene rings is 4. The van der Waals surface area contributed by atoms with Crippen LogP contribution < -0.4 is 4.90 Å². The van der Waals surface area contributed by atoms with Crippen LogP contribution in [0.2, 0.25) is 0 Å². The summed E-state index contributed by atoms with van der Waals surface area (Å²) in [7, 11) is 0. The Labute approximate surface area is 221 Å². The number of carboxylic acids is 1. The van der Waals surface area contributed by atoms with Gasteiger partial charge in [0.2, 0.25) is 5.91 Å². The highest BCUT2D eigenvalue weighted by atomic mass is 16.4. The van der Waals surface area contributed by atoms with Gasteiger partial charge in [0.15, 0.2) is 0 Å². The molecule has 0 saturated carbocycles. The van der Waals surface area contributed by atoms with Crippen LogP contribution in [-0.2, 0) is 29.0 Å². The number of carbonyl (C=O) groups is 2. The first-order valence-electron chi connectivity index (χ1n) is 12.5. The topological polar surface area (TPSA) is 81.4 Å². The number of aliphatic carboxylic acids is 1. The van der Waals surface area contributed by atoms with Crippen LogP contribution in [0, 0.1) is 11.3 Å². The molecule has 5 heteroatoms. The first kappa shape index (κ1) is 24.7. The van der Waals surface area contributed by atoms with Gasteiger partial charge in [-0.05, 0) is 69.5 Å². The van der Waals surface area contributed by atoms with Gasteiger partial charge in [0, 0.05) is 11.8 Å². The summed E-state index contributed by atoms with van der Waals surface area (Å²) in [6, 6.07) is 33.9. The average molecular weight is 499 g/mol. The van der Waals surface area contributed by atoms with E-state index in [0.29, 0.717) is 5.69 Å². The third kappa shape index (κ3) is 5.25. The van der Waals surface area contributed by atoms with Crippen LogP contribution in [0.15, 0.2) is 103 Å². The third-order valence-corrected chi connectivity index (χ3v) is 6.85. The maximum absolute atomic E-state index is 13.1. The van der Waals surface area contributed by atoms with Crippen molar-refractivity contribution in [1.29, 1.82) is 5.26 Å². The number of nitriles is 1. The van der Waals surface area contributed by atoms with Gasteiger partial charge in [-0.25, -0.2) is 0 Å². The highest BCUT2D eigenvalue weighted by molar-refractivity contribution is 6.03. The number of hydrogen-bond donors (Lipinski definition) is 1. The summed E-state index contributed by atoms with van der Waals surface area (Å²) >= 11 is 0. The van der Waals surface area contributed by atoms with Gasteiger partial charge in [0.05, 0.1) is 12.6 Å². The van der Waals surface area contributed by atoms with Crippen LogP contribution in [0.4, 0.5) is 5.69 Å². The van der Waals surface area contributed by atoms with Crippen LogP contribution in [0.5, 0.6) is 0 Å². The minimum absolute atomic E-state index is 0.238. The lowest BCUT2D eigenvalue weighted by Gasteiger charge is -2.24. The number of rotatable bonds is 6. The molecule has 0 fully saturated rings. The summed E-state index contributed by atoms with van der Waals surface area (Å²) in [6.45, 7) is 0.238. The fourth-order valence-corrected chi connectivity index (χ4v) is 5.07. The van der Waals surface area contributed by atoms with E-state index in [2.05, 4.69) is 18.2 Å². The Morgan fingerprint density at radius 1 is 0.816 bits per heavy atom. The fourth-order valence-electron chi connectivity index (χ4n) is 5.07. The van der Waals surface area contributed by atoms with E-state index in [0.717, 1.165) is 51.8 Å². The van der Waals surface area contributed by atoms with Gasteiger partial charge in [-0.3, -0.25) is 9.59 Å². The van der Waals surface area contributed by atoms with Crippen LogP contribution in [-0.4, -0.2) is 17.0 Å². The molecule has 0 heterocycles. The number of aryl methyl sites for hydroxylation is 2. The molecule has 1 N–H and O–H groups in total. The van der Waals surface area contributed by atoms with E-state index in [-0.39, 0.29) is 6.54 Å². The number of anilines is 1. The predicted molar refractivity (Wildman–Crippen MR) is 148 cm³/mol. The molecular formula is C33H26N2O3. The Morgan fingerprint density at radius 3 is 2.32 bits per heavy atom. The van der Waals surface area contributed by atoms with Gasteiger partial charge >= 0.3 is 5.97 Å². The van der Waals surface area contributed by atoms with Crippen molar-refractivity contribution in [3.8, 4) is 17.2 Å². The van der Waals surface area contributed by atoms with Crippen molar-refractivity contribution in [2.24, 2.45) is 0 Å². The fraction of sp³-hybridized carbons (Fsp3) is 0.121. The number of carbonyl (C=O) groups excluding carboxylic acids is 1. The van der Waals surface area contributed by atoms with E-state index in [9.17, 15) is 20.0 Å². The Morgan fingerprint density at radius 2 is 1.53 bits per heavy atom. The first-order chi connectivity index (χ1) is 18.5. The predicted octanol–water partition coefficient (Wildman–Crippen LogP) is 6.42. The monoisotopic (exact) mass is 498 g/mol. The molecule has 0 spiro atoms. The standard InChI is InChI=1S/C33H26N2O3/c34-18-17-31-29-12-5-4-9-25(29)14-15-27-19-23(13-16-30(27)31)22-35(32(36)21-33(37)38)28-11-6-10-26(20-28)24-7-2-1-3-8-24/h1-13,16-17,19-20H,14-15,21-22H2,(H,37,38). The number of carboxylic acid groups (broad SMARTS) is 1. The van der Waals surface area contributed by atoms with Crippen molar-refractivity contribution in [2.45, 2.75) is 25.8 Å². The zero-order valence-electron chi connectivity index (χ0n) is 20.8. The molecule has 0 bridgehead atoms. The summed E-state index contributed by atoms with van der Waals surface area (Å²) in [5, 5.41) is 18.8. The van der Waals surface area contributed by atoms with E-state index < -0.39 is 18.3 Å². The number of amides is 1. The second-order valence-corrected chi connectivity index (χ2v) is 9.30. The number of allylic oxidation sites excluding steroid dienone is 1. The van der Waals surface area contributed by atoms with Crippen molar-refractivity contribution < 1.29 is 14.7 Å². The van der Waals surface area contributed by atoms with Crippen molar-refractivity contribution in [3.63, 3.8) is 0 Å². The van der Waals surface area contributed by atoms with Crippen molar-refractivity contribution in [3.05, 3.63) is 131 Å². The Kier molecular flexibility index (Phi) is 7.15. The Hall–Kier alpha value is -4.95. The zero-order chi connectivity index (χ0) is 26.5. The number of fused-ring (bicyclic) bond motifs is 2. The number of nitrogens with zero attached hydrogens (tertiary/aromatic N) is 2. The van der Waals surface area contributed by atoms with Gasteiger partial charge in [-0.1, -0.05) is 84.9 Å². The molecule has 0 atom stereocenters. The SMILES string of the molecule is N#CC=C1c2ccccc2CCc2cc(CN(C(=O)CC(=O)O)c3cccc(-c4ccccc4)c3)ccc21. The molecule has 0 unspecified atom stereocenters. The highest BCUT2D eigenvalue weighted by Gasteiger charge is 2.22. The van der Waals surface area contributed by atoms with Gasteiger partial charge in [-0.2, -0.15) is 5.26 Å². The zero-order valence-corrected chi connectivity index (χ0v) is 20.8. The third-order valence-electron chi connectivity index (χ3n) is 6.85. The lowest BCUT2D eigenvalue weighted by atomic mass is 9.93. The molecule has 4 aromatic carbocycles. The summed E-state index contributed by atoms with van der Waals surface area (Å²) in [5.74, 6) is -1.64. The summed E-state index contributed by atoms with van der Waals surface area (Å²) < 4.78 is 0. The lowest BCUT2D eigenvalue weighted by Crippen LogP contribution is -2.32. The minimum atomic E-state index is -1.16. The maximum Gasteiger partial charge on any atom is 0.312 e. The molecule has 186 valence electrons. The van der Waals surface area contributed by atoms with Crippen molar-refractivity contribution in [2.75, 3.05) is 4.90 Å². The molecule has 1 aliphatic carbocycles. The van der Waals surface area contributed by atoms with Crippen molar-refractivity contribution >= 4 is 23.1 Å². The van der Waals surface area contributed by atoms with E-state index in [1.807, 2.05) is 84.9 Å². The van der Waals surface area contributed by atoms with Crippen LogP contribution in [0.3, 0.4) is 0 Å². The Bertz CT molecular complexity index is 1580. The van der Waals surface area contributed by atoms with Crippen LogP contribution in [0.25, 0.3) is 16.7 Å². The molecule has 0 saturated heterocycles. The molecule has 4 aromatic rings. The van der Waals surface area contributed by atoms with Crippen LogP contribution in [0.1, 0.15) is 34.2 Å². The molecule has 0 aromatic heterocycles. The van der Waals surface area contributed by atoms with Crippen LogP contribution >= 0.6 is 0 Å². The molecule has 1 aliphatic rings. The maximum atomic E-state index is 13.1. The second-order valence-electron chi connectivity index (χ2n) is 9.30. The van der Waals surface area contributed by atoms with Crippen molar-refractivity contribution in [1.82, 2.24) is 0 Å². The lowest BCUT2D eigenvalue weighted by molar-refractivity contribution is -0.140. The van der Waals surface area contributed by atoms with Gasteiger partial charge in [0.1, 0.15) is 6.42 Å². The van der Waals surface area contributed by atoms with E-state index in [4.69, 9.17) is 0 Å². The summed E-state index contributed by atoms with van der Waals surface area (Å²) in [5.41, 5.74) is 8.78. The summed E-state index contributed by atoms with van der Waals surface area (Å²) in [4.78, 5) is 26.1. The van der Waals surface area contributed by atoms with E-state index >= 15 is 0 Å². The highest BCUT2D eigenvalue weighted by Crippen LogP contribution is 2.34. The van der Waals surface area contributed by atoms with E-state index in [1.54, 1.807) is 11.0 Å². The van der Waals surface area contributed by atoms with Gasteiger partial charge < -0.3 is 10.0 Å². The summed E-state index contributed by atoms with van der Waals surface area (Å²) in [6.07, 6.45) is 2.65. The smallest absolute Gasteiger partial charge is 0.312 e. The van der Waals surface area contributed by atoms with Gasteiger partial charge in [-0.15, -0.1) is 0 Å². The molecule has 5 rings (SSSR count). The normalized spacial score (nSPS) is 13.1. The Balaban J connectivity index is 1.51.